The second kappa shape index (κ2) is 2.84. The number of rotatable bonds is 1. The molecule has 1 aliphatic heterocycles. The fourth-order valence-electron chi connectivity index (χ4n) is 1.19. The zero-order valence-electron chi connectivity index (χ0n) is 6.15. The molecule has 1 saturated heterocycles. The van der Waals surface area contributed by atoms with Gasteiger partial charge >= 0.3 is 0 Å². The van der Waals surface area contributed by atoms with Crippen LogP contribution in [-0.4, -0.2) is 22.1 Å². The molecule has 1 fully saturated rings. The van der Waals surface area contributed by atoms with E-state index in [-0.39, 0.29) is 5.22 Å². The van der Waals surface area contributed by atoms with E-state index in [0.717, 1.165) is 23.3 Å². The maximum atomic E-state index is 5.61. The third-order valence-corrected chi connectivity index (χ3v) is 3.37. The lowest BCUT2D eigenvalue weighted by atomic mass is 10.1. The predicted molar refractivity (Wildman–Crippen MR) is 42.4 cm³/mol. The third kappa shape index (κ3) is 1.80. The van der Waals surface area contributed by atoms with Crippen molar-refractivity contribution in [1.29, 1.82) is 0 Å². The van der Waals surface area contributed by atoms with Crippen molar-refractivity contribution < 1.29 is 4.74 Å². The van der Waals surface area contributed by atoms with Crippen molar-refractivity contribution in [2.45, 2.75) is 30.9 Å². The van der Waals surface area contributed by atoms with Gasteiger partial charge in [0.2, 0.25) is 0 Å². The summed E-state index contributed by atoms with van der Waals surface area (Å²) in [7, 11) is 1.15. The molecular weight excluding hydrogens is 128 g/mol. The molecule has 0 spiro atoms. The normalized spacial score (nSPS) is 37.0. The maximum Gasteiger partial charge on any atom is 0.0486 e. The van der Waals surface area contributed by atoms with Gasteiger partial charge in [-0.15, -0.1) is 0 Å². The van der Waals surface area contributed by atoms with E-state index in [9.17, 15) is 0 Å². The van der Waals surface area contributed by atoms with Gasteiger partial charge in [-0.1, -0.05) is 6.92 Å². The molecule has 0 amide bonds. The Kier molecular flexibility index (Phi) is 2.30. The van der Waals surface area contributed by atoms with Gasteiger partial charge in [-0.05, 0) is 25.7 Å². The third-order valence-electron chi connectivity index (χ3n) is 2.08. The summed E-state index contributed by atoms with van der Waals surface area (Å²) in [5.74, 6) is 0. The van der Waals surface area contributed by atoms with Crippen LogP contribution < -0.4 is 0 Å². The van der Waals surface area contributed by atoms with E-state index in [2.05, 4.69) is 6.92 Å². The summed E-state index contributed by atoms with van der Waals surface area (Å²) in [5.41, 5.74) is 0. The molecule has 0 saturated carbocycles. The Morgan fingerprint density at radius 3 is 2.67 bits per heavy atom. The first-order valence-electron chi connectivity index (χ1n) is 3.70. The highest BCUT2D eigenvalue weighted by atomic mass is 28.1. The topological polar surface area (TPSA) is 9.23 Å². The highest BCUT2D eigenvalue weighted by Gasteiger charge is 2.24. The van der Waals surface area contributed by atoms with E-state index in [1.54, 1.807) is 0 Å². The Morgan fingerprint density at radius 2 is 2.33 bits per heavy atom. The van der Waals surface area contributed by atoms with Gasteiger partial charge in [-0.25, -0.2) is 0 Å². The lowest BCUT2D eigenvalue weighted by molar-refractivity contribution is -0.0155. The van der Waals surface area contributed by atoms with Crippen LogP contribution in [0.1, 0.15) is 25.7 Å². The zero-order valence-corrected chi connectivity index (χ0v) is 8.15. The zero-order chi connectivity index (χ0) is 6.74. The Labute approximate surface area is 60.2 Å². The molecule has 2 heteroatoms. The summed E-state index contributed by atoms with van der Waals surface area (Å²) in [4.78, 5) is 0. The summed E-state index contributed by atoms with van der Waals surface area (Å²) in [5, 5.41) is 0.248. The minimum Gasteiger partial charge on any atom is -0.380 e. The van der Waals surface area contributed by atoms with E-state index >= 15 is 0 Å². The van der Waals surface area contributed by atoms with E-state index in [1.807, 2.05) is 0 Å². The molecule has 0 aromatic carbocycles. The van der Waals surface area contributed by atoms with Crippen molar-refractivity contribution in [2.24, 2.45) is 0 Å². The van der Waals surface area contributed by atoms with Crippen LogP contribution in [0, 0.1) is 6.92 Å². The monoisotopic (exact) mass is 143 g/mol. The molecule has 53 valence electrons. The molecule has 1 unspecified atom stereocenters. The van der Waals surface area contributed by atoms with Crippen molar-refractivity contribution in [2.75, 3.05) is 6.61 Å². The van der Waals surface area contributed by atoms with Crippen molar-refractivity contribution >= 4 is 10.2 Å². The Morgan fingerprint density at radius 1 is 1.56 bits per heavy atom. The second-order valence-electron chi connectivity index (χ2n) is 3.01. The molecule has 9 heavy (non-hydrogen) atoms. The molecule has 0 aliphatic carbocycles. The summed E-state index contributed by atoms with van der Waals surface area (Å²) >= 11 is 0. The Hall–Kier alpha value is 0.177. The van der Waals surface area contributed by atoms with Crippen molar-refractivity contribution in [3.05, 3.63) is 6.92 Å². The van der Waals surface area contributed by atoms with Crippen LogP contribution in [0.5, 0.6) is 0 Å². The van der Waals surface area contributed by atoms with Crippen molar-refractivity contribution in [3.8, 4) is 0 Å². The highest BCUT2D eigenvalue weighted by Crippen LogP contribution is 2.23. The van der Waals surface area contributed by atoms with Gasteiger partial charge in [-0.3, -0.25) is 0 Å². The molecule has 1 heterocycles. The molecule has 1 nitrogen and oxygen atoms in total. The first-order valence-corrected chi connectivity index (χ1v) is 4.70. The molecule has 1 radical (unpaired) electrons. The summed E-state index contributed by atoms with van der Waals surface area (Å²) in [6.45, 7) is 4.86. The molecule has 0 aromatic rings. The highest BCUT2D eigenvalue weighted by molar-refractivity contribution is 6.14. The molecule has 1 aliphatic rings. The van der Waals surface area contributed by atoms with Gasteiger partial charge in [-0.2, -0.15) is 0 Å². The number of hydrogen-bond donors (Lipinski definition) is 0. The van der Waals surface area contributed by atoms with Gasteiger partial charge in [0.1, 0.15) is 0 Å². The Bertz CT molecular complexity index is 86.9. The first-order chi connectivity index (χ1) is 4.27. The lowest BCUT2D eigenvalue weighted by Gasteiger charge is -2.32. The van der Waals surface area contributed by atoms with Crippen molar-refractivity contribution in [3.63, 3.8) is 0 Å². The number of hydrogen-bond acceptors (Lipinski definition) is 1. The van der Waals surface area contributed by atoms with Crippen LogP contribution in [0.4, 0.5) is 0 Å². The van der Waals surface area contributed by atoms with Gasteiger partial charge in [0.25, 0.3) is 0 Å². The van der Waals surface area contributed by atoms with Gasteiger partial charge in [0.15, 0.2) is 0 Å². The van der Waals surface area contributed by atoms with E-state index in [4.69, 9.17) is 4.74 Å². The van der Waals surface area contributed by atoms with Crippen LogP contribution >= 0.6 is 0 Å². The molecular formula is C7H15OSi. The van der Waals surface area contributed by atoms with Crippen LogP contribution in [0.2, 0.25) is 0 Å². The standard InChI is InChI=1S/C7H15OSi/c1-2-7(9)5-3-4-6-8-7/h1-6H2,9H3. The molecule has 0 aromatic heterocycles. The largest absolute Gasteiger partial charge is 0.380 e. The van der Waals surface area contributed by atoms with E-state index < -0.39 is 0 Å². The van der Waals surface area contributed by atoms with Crippen LogP contribution in [-0.2, 0) is 4.74 Å². The van der Waals surface area contributed by atoms with Crippen LogP contribution in [0.15, 0.2) is 0 Å². The number of ether oxygens (including phenoxy) is 1. The van der Waals surface area contributed by atoms with E-state index in [1.165, 1.54) is 19.3 Å². The fourth-order valence-corrected chi connectivity index (χ4v) is 1.75. The molecule has 0 bridgehead atoms. The molecule has 1 atom stereocenters. The molecule has 0 N–H and O–H groups in total. The Balaban J connectivity index is 2.37. The van der Waals surface area contributed by atoms with Gasteiger partial charge in [0, 0.05) is 22.1 Å². The summed E-state index contributed by atoms with van der Waals surface area (Å²) in [6.07, 6.45) is 4.82. The van der Waals surface area contributed by atoms with Gasteiger partial charge in [0.05, 0.1) is 0 Å². The predicted octanol–water partition coefficient (Wildman–Crippen LogP) is 0.473. The average molecular weight is 143 g/mol. The van der Waals surface area contributed by atoms with Gasteiger partial charge < -0.3 is 4.74 Å². The quantitative estimate of drug-likeness (QED) is 0.485. The average Bonchev–Trinajstić information content (AvgIpc) is 1.90. The fraction of sp³-hybridized carbons (Fsp3) is 0.857. The summed E-state index contributed by atoms with van der Waals surface area (Å²) < 4.78 is 5.61. The first kappa shape index (κ1) is 7.29. The lowest BCUT2D eigenvalue weighted by Crippen LogP contribution is -2.35. The smallest absolute Gasteiger partial charge is 0.0486 e. The summed E-state index contributed by atoms with van der Waals surface area (Å²) in [6, 6.07) is 0. The SMILES string of the molecule is [CH2]CC1([SiH3])CCCCO1. The van der Waals surface area contributed by atoms with E-state index in [0.29, 0.717) is 0 Å². The van der Waals surface area contributed by atoms with Crippen LogP contribution in [0.25, 0.3) is 0 Å². The minimum absolute atomic E-state index is 0.248. The van der Waals surface area contributed by atoms with Crippen molar-refractivity contribution in [1.82, 2.24) is 0 Å². The second-order valence-corrected chi connectivity index (χ2v) is 4.83. The maximum absolute atomic E-state index is 5.61. The minimum atomic E-state index is 0.248. The molecule has 1 rings (SSSR count). The van der Waals surface area contributed by atoms with Crippen LogP contribution in [0.3, 0.4) is 0 Å².